The first-order valence-electron chi connectivity index (χ1n) is 6.53. The van der Waals surface area contributed by atoms with Gasteiger partial charge in [-0.15, -0.1) is 11.3 Å². The third kappa shape index (κ3) is 3.81. The second-order valence-corrected chi connectivity index (χ2v) is 5.92. The molecule has 4 nitrogen and oxygen atoms in total. The Hall–Kier alpha value is -1.33. The Balaban J connectivity index is 1.97. The fourth-order valence-corrected chi connectivity index (χ4v) is 2.84. The minimum atomic E-state index is 0.280. The number of hydrogen-bond donors (Lipinski definition) is 1. The third-order valence-corrected chi connectivity index (χ3v) is 4.18. The molecular weight excluding hydrogens is 258 g/mol. The molecule has 2 rings (SSSR count). The van der Waals surface area contributed by atoms with E-state index in [-0.39, 0.29) is 6.04 Å². The Morgan fingerprint density at radius 3 is 3.00 bits per heavy atom. The minimum Gasteiger partial charge on any atom is -0.385 e. The summed E-state index contributed by atoms with van der Waals surface area (Å²) in [5, 5.41) is 3.47. The van der Waals surface area contributed by atoms with Crippen LogP contribution in [0.4, 0.5) is 5.95 Å². The van der Waals surface area contributed by atoms with E-state index in [9.17, 15) is 0 Å². The van der Waals surface area contributed by atoms with E-state index in [4.69, 9.17) is 4.74 Å². The van der Waals surface area contributed by atoms with Crippen LogP contribution < -0.4 is 5.32 Å². The van der Waals surface area contributed by atoms with Gasteiger partial charge in [0.15, 0.2) is 0 Å². The van der Waals surface area contributed by atoms with Gasteiger partial charge in [-0.3, -0.25) is 0 Å². The average molecular weight is 279 g/mol. The van der Waals surface area contributed by atoms with Gasteiger partial charge in [-0.25, -0.2) is 4.98 Å². The number of methoxy groups -OCH3 is 1. The molecule has 0 aliphatic heterocycles. The first kappa shape index (κ1) is 14.1. The van der Waals surface area contributed by atoms with Gasteiger partial charge in [-0.05, 0) is 32.4 Å². The number of anilines is 1. The van der Waals surface area contributed by atoms with Crippen molar-refractivity contribution in [2.24, 2.45) is 0 Å². The molecule has 1 unspecified atom stereocenters. The lowest BCUT2D eigenvalue weighted by Gasteiger charge is -2.14. The molecule has 0 amide bonds. The monoisotopic (exact) mass is 279 g/mol. The van der Waals surface area contributed by atoms with Crippen LogP contribution in [0.5, 0.6) is 0 Å². The minimum absolute atomic E-state index is 0.280. The molecule has 104 valence electrons. The van der Waals surface area contributed by atoms with Gasteiger partial charge in [0, 0.05) is 42.4 Å². The predicted octanol–water partition coefficient (Wildman–Crippen LogP) is 3.46. The van der Waals surface area contributed by atoms with Gasteiger partial charge in [0.2, 0.25) is 5.95 Å². The number of ether oxygens (including phenoxy) is 1. The average Bonchev–Trinajstić information content (AvgIpc) is 2.99. The zero-order chi connectivity index (χ0) is 13.7. The highest BCUT2D eigenvalue weighted by Crippen LogP contribution is 2.25. The largest absolute Gasteiger partial charge is 0.385 e. The molecule has 1 N–H and O–H groups in total. The van der Waals surface area contributed by atoms with E-state index < -0.39 is 0 Å². The molecule has 0 saturated heterocycles. The maximum atomic E-state index is 5.08. The number of rotatable bonds is 7. The van der Waals surface area contributed by atoms with Crippen LogP contribution in [0, 0.1) is 6.92 Å². The number of aryl methyl sites for hydroxylation is 2. The first-order valence-corrected chi connectivity index (χ1v) is 7.35. The number of imidazole rings is 1. The highest BCUT2D eigenvalue weighted by Gasteiger charge is 2.10. The Labute approximate surface area is 118 Å². The molecule has 0 saturated carbocycles. The van der Waals surface area contributed by atoms with Crippen molar-refractivity contribution in [2.45, 2.75) is 32.9 Å². The van der Waals surface area contributed by atoms with Crippen molar-refractivity contribution in [2.75, 3.05) is 19.0 Å². The summed E-state index contributed by atoms with van der Waals surface area (Å²) in [6.45, 7) is 6.00. The second-order valence-electron chi connectivity index (χ2n) is 4.61. The molecule has 0 spiro atoms. The molecule has 2 heterocycles. The topological polar surface area (TPSA) is 39.1 Å². The van der Waals surface area contributed by atoms with E-state index in [1.807, 2.05) is 23.7 Å². The van der Waals surface area contributed by atoms with Gasteiger partial charge in [0.25, 0.3) is 0 Å². The lowest BCUT2D eigenvalue weighted by atomic mass is 10.3. The fourth-order valence-electron chi connectivity index (χ4n) is 1.96. The molecule has 19 heavy (non-hydrogen) atoms. The van der Waals surface area contributed by atoms with Crippen LogP contribution in [0.25, 0.3) is 0 Å². The van der Waals surface area contributed by atoms with Gasteiger partial charge in [0.1, 0.15) is 0 Å². The summed E-state index contributed by atoms with van der Waals surface area (Å²) >= 11 is 1.83. The summed E-state index contributed by atoms with van der Waals surface area (Å²) in [5.74, 6) is 0.926. The Kier molecular flexibility index (Phi) is 4.99. The van der Waals surface area contributed by atoms with Crippen molar-refractivity contribution >= 4 is 17.3 Å². The molecule has 0 fully saturated rings. The molecule has 0 bridgehead atoms. The van der Waals surface area contributed by atoms with Crippen LogP contribution in [-0.2, 0) is 11.3 Å². The predicted molar refractivity (Wildman–Crippen MR) is 79.8 cm³/mol. The standard InChI is InChI=1S/C14H21N3OS/c1-11-5-6-13(19-11)12(2)16-14-15-7-9-17(14)8-4-10-18-3/h5-7,9,12H,4,8,10H2,1-3H3,(H,15,16). The van der Waals surface area contributed by atoms with Crippen LogP contribution in [0.2, 0.25) is 0 Å². The smallest absolute Gasteiger partial charge is 0.203 e. The van der Waals surface area contributed by atoms with Gasteiger partial charge >= 0.3 is 0 Å². The first-order chi connectivity index (χ1) is 9.20. The number of aromatic nitrogens is 2. The van der Waals surface area contributed by atoms with Crippen LogP contribution in [-0.4, -0.2) is 23.3 Å². The number of thiophene rings is 1. The highest BCUT2D eigenvalue weighted by molar-refractivity contribution is 7.12. The molecule has 2 aromatic rings. The molecule has 5 heteroatoms. The zero-order valence-electron chi connectivity index (χ0n) is 11.7. The Bertz CT molecular complexity index is 506. The van der Waals surface area contributed by atoms with Crippen LogP contribution in [0.1, 0.15) is 29.1 Å². The van der Waals surface area contributed by atoms with Gasteiger partial charge in [-0.1, -0.05) is 0 Å². The van der Waals surface area contributed by atoms with Crippen LogP contribution in [0.3, 0.4) is 0 Å². The van der Waals surface area contributed by atoms with Crippen molar-refractivity contribution in [1.82, 2.24) is 9.55 Å². The number of nitrogens with zero attached hydrogens (tertiary/aromatic N) is 2. The van der Waals surface area contributed by atoms with Crippen molar-refractivity contribution in [3.8, 4) is 0 Å². The summed E-state index contributed by atoms with van der Waals surface area (Å²) in [7, 11) is 1.73. The number of hydrogen-bond acceptors (Lipinski definition) is 4. The molecule has 1 atom stereocenters. The Morgan fingerprint density at radius 2 is 2.32 bits per heavy atom. The SMILES string of the molecule is COCCCn1ccnc1NC(C)c1ccc(C)s1. The van der Waals surface area contributed by atoms with Crippen LogP contribution >= 0.6 is 11.3 Å². The van der Waals surface area contributed by atoms with Gasteiger partial charge in [0.05, 0.1) is 6.04 Å². The van der Waals surface area contributed by atoms with E-state index >= 15 is 0 Å². The van der Waals surface area contributed by atoms with Gasteiger partial charge in [-0.2, -0.15) is 0 Å². The maximum absolute atomic E-state index is 5.08. The van der Waals surface area contributed by atoms with Crippen molar-refractivity contribution < 1.29 is 4.74 Å². The molecule has 2 aromatic heterocycles. The quantitative estimate of drug-likeness (QED) is 0.789. The second kappa shape index (κ2) is 6.73. The third-order valence-electron chi connectivity index (χ3n) is 3.00. The van der Waals surface area contributed by atoms with Crippen molar-refractivity contribution in [3.05, 3.63) is 34.3 Å². The van der Waals surface area contributed by atoms with Crippen molar-refractivity contribution in [1.29, 1.82) is 0 Å². The summed E-state index contributed by atoms with van der Waals surface area (Å²) in [6, 6.07) is 4.61. The number of nitrogens with one attached hydrogen (secondary N) is 1. The van der Waals surface area contributed by atoms with E-state index in [2.05, 4.69) is 40.8 Å². The lowest BCUT2D eigenvalue weighted by Crippen LogP contribution is -2.11. The summed E-state index contributed by atoms with van der Waals surface area (Å²) < 4.78 is 7.22. The molecular formula is C14H21N3OS. The van der Waals surface area contributed by atoms with E-state index in [1.165, 1.54) is 9.75 Å². The maximum Gasteiger partial charge on any atom is 0.203 e. The van der Waals surface area contributed by atoms with E-state index in [0.29, 0.717) is 0 Å². The van der Waals surface area contributed by atoms with E-state index in [1.54, 1.807) is 7.11 Å². The summed E-state index contributed by atoms with van der Waals surface area (Å²) in [5.41, 5.74) is 0. The fraction of sp³-hybridized carbons (Fsp3) is 0.500. The summed E-state index contributed by atoms with van der Waals surface area (Å²) in [6.07, 6.45) is 4.83. The van der Waals surface area contributed by atoms with E-state index in [0.717, 1.165) is 25.5 Å². The van der Waals surface area contributed by atoms with Gasteiger partial charge < -0.3 is 14.6 Å². The van der Waals surface area contributed by atoms with Crippen molar-refractivity contribution in [3.63, 3.8) is 0 Å². The highest BCUT2D eigenvalue weighted by atomic mass is 32.1. The molecule has 0 aliphatic rings. The molecule has 0 aromatic carbocycles. The zero-order valence-corrected chi connectivity index (χ0v) is 12.5. The lowest BCUT2D eigenvalue weighted by molar-refractivity contribution is 0.190. The molecule has 0 aliphatic carbocycles. The van der Waals surface area contributed by atoms with Crippen LogP contribution in [0.15, 0.2) is 24.5 Å². The summed E-state index contributed by atoms with van der Waals surface area (Å²) in [4.78, 5) is 7.06. The molecule has 0 radical (unpaired) electrons. The normalized spacial score (nSPS) is 12.6. The Morgan fingerprint density at radius 1 is 1.47 bits per heavy atom.